The number of thiophene rings is 1. The Hall–Kier alpha value is -1.85. The summed E-state index contributed by atoms with van der Waals surface area (Å²) in [5, 5.41) is 2.08. The fourth-order valence-electron chi connectivity index (χ4n) is 4.09. The second kappa shape index (κ2) is 8.44. The molecule has 1 aliphatic carbocycles. The van der Waals surface area contributed by atoms with Gasteiger partial charge in [-0.2, -0.15) is 0 Å². The Morgan fingerprint density at radius 2 is 2.19 bits per heavy atom. The lowest BCUT2D eigenvalue weighted by molar-refractivity contribution is 0.0506. The van der Waals surface area contributed by atoms with E-state index in [2.05, 4.69) is 11.4 Å². The Kier molecular flexibility index (Phi) is 5.79. The number of nitrogens with zero attached hydrogens (tertiary/aromatic N) is 1. The third-order valence-corrected chi connectivity index (χ3v) is 6.62. The summed E-state index contributed by atoms with van der Waals surface area (Å²) in [4.78, 5) is 16.8. The summed E-state index contributed by atoms with van der Waals surface area (Å²) in [5.74, 6) is 0.970. The molecule has 4 rings (SSSR count). The lowest BCUT2D eigenvalue weighted by atomic mass is 9.95. The Morgan fingerprint density at radius 3 is 3.00 bits per heavy atom. The van der Waals surface area contributed by atoms with Crippen molar-refractivity contribution in [2.75, 3.05) is 20.3 Å². The molecule has 1 atom stereocenters. The van der Waals surface area contributed by atoms with Crippen molar-refractivity contribution >= 4 is 17.2 Å². The molecule has 1 aromatic carbocycles. The van der Waals surface area contributed by atoms with Crippen molar-refractivity contribution in [3.05, 3.63) is 51.2 Å². The van der Waals surface area contributed by atoms with Gasteiger partial charge < -0.3 is 14.4 Å². The average Bonchev–Trinajstić information content (AvgIpc) is 3.37. The Labute approximate surface area is 165 Å². The van der Waals surface area contributed by atoms with Gasteiger partial charge in [-0.25, -0.2) is 0 Å². The first-order chi connectivity index (χ1) is 13.2. The molecule has 1 amide bonds. The molecule has 0 bridgehead atoms. The highest BCUT2D eigenvalue weighted by Gasteiger charge is 2.27. The van der Waals surface area contributed by atoms with Gasteiger partial charge in [-0.05, 0) is 61.8 Å². The second-order valence-electron chi connectivity index (χ2n) is 7.43. The summed E-state index contributed by atoms with van der Waals surface area (Å²) in [5.41, 5.74) is 3.29. The molecule has 0 spiro atoms. The molecule has 4 nitrogen and oxygen atoms in total. The molecule has 1 aromatic heterocycles. The summed E-state index contributed by atoms with van der Waals surface area (Å²) in [6.45, 7) is 2.04. The van der Waals surface area contributed by atoms with E-state index in [4.69, 9.17) is 9.47 Å². The predicted molar refractivity (Wildman–Crippen MR) is 108 cm³/mol. The average molecular weight is 386 g/mol. The zero-order valence-corrected chi connectivity index (χ0v) is 16.7. The highest BCUT2D eigenvalue weighted by Crippen LogP contribution is 2.31. The number of methoxy groups -OCH3 is 1. The maximum Gasteiger partial charge on any atom is 0.255 e. The highest BCUT2D eigenvalue weighted by molar-refractivity contribution is 7.10. The van der Waals surface area contributed by atoms with Crippen LogP contribution >= 0.6 is 11.3 Å². The third-order valence-electron chi connectivity index (χ3n) is 5.53. The van der Waals surface area contributed by atoms with E-state index in [0.717, 1.165) is 49.2 Å². The maximum absolute atomic E-state index is 13.5. The zero-order valence-electron chi connectivity index (χ0n) is 15.9. The number of carbonyl (C=O) groups excluding carboxylic acids is 1. The number of carbonyl (C=O) groups is 1. The van der Waals surface area contributed by atoms with Crippen LogP contribution in [-0.4, -0.2) is 37.2 Å². The monoisotopic (exact) mass is 385 g/mol. The normalized spacial score (nSPS) is 18.9. The van der Waals surface area contributed by atoms with Gasteiger partial charge in [0.25, 0.3) is 5.91 Å². The van der Waals surface area contributed by atoms with Crippen molar-refractivity contribution in [2.45, 2.75) is 51.2 Å². The van der Waals surface area contributed by atoms with Crippen LogP contribution < -0.4 is 4.74 Å². The van der Waals surface area contributed by atoms with Gasteiger partial charge in [0.15, 0.2) is 0 Å². The van der Waals surface area contributed by atoms with E-state index in [9.17, 15) is 4.79 Å². The van der Waals surface area contributed by atoms with Gasteiger partial charge in [0.2, 0.25) is 0 Å². The van der Waals surface area contributed by atoms with Crippen LogP contribution in [0, 0.1) is 0 Å². The first-order valence-electron chi connectivity index (χ1n) is 9.87. The number of amides is 1. The van der Waals surface area contributed by atoms with Gasteiger partial charge in [0.1, 0.15) is 5.75 Å². The van der Waals surface area contributed by atoms with E-state index in [-0.39, 0.29) is 12.0 Å². The van der Waals surface area contributed by atoms with Crippen LogP contribution in [0.2, 0.25) is 0 Å². The summed E-state index contributed by atoms with van der Waals surface area (Å²) in [7, 11) is 1.67. The number of benzene rings is 1. The van der Waals surface area contributed by atoms with Gasteiger partial charge in [-0.15, -0.1) is 11.3 Å². The van der Waals surface area contributed by atoms with Gasteiger partial charge in [-0.3, -0.25) is 4.79 Å². The number of hydrogen-bond donors (Lipinski definition) is 0. The number of aryl methyl sites for hydroxylation is 1. The van der Waals surface area contributed by atoms with Crippen molar-refractivity contribution < 1.29 is 14.3 Å². The number of rotatable bonds is 6. The fraction of sp³-hybridized carbons (Fsp3) is 0.500. The molecule has 1 fully saturated rings. The van der Waals surface area contributed by atoms with Crippen LogP contribution in [0.4, 0.5) is 0 Å². The van der Waals surface area contributed by atoms with E-state index >= 15 is 0 Å². The summed E-state index contributed by atoms with van der Waals surface area (Å²) >= 11 is 1.75. The van der Waals surface area contributed by atoms with E-state index in [1.54, 1.807) is 18.4 Å². The molecule has 1 saturated heterocycles. The molecule has 0 saturated carbocycles. The first-order valence-corrected chi connectivity index (χ1v) is 10.8. The van der Waals surface area contributed by atoms with Gasteiger partial charge >= 0.3 is 0 Å². The van der Waals surface area contributed by atoms with E-state index in [0.29, 0.717) is 13.1 Å². The molecule has 2 aromatic rings. The minimum atomic E-state index is 0.146. The van der Waals surface area contributed by atoms with E-state index in [1.807, 2.05) is 23.1 Å². The van der Waals surface area contributed by atoms with Gasteiger partial charge in [0, 0.05) is 30.0 Å². The molecule has 0 radical (unpaired) electrons. The molecular weight excluding hydrogens is 358 g/mol. The SMILES string of the molecule is COc1cccc(CN(C[C@H]2CCCO2)C(=O)c2csc3c2CCCC3)c1. The molecule has 144 valence electrons. The largest absolute Gasteiger partial charge is 0.497 e. The minimum Gasteiger partial charge on any atom is -0.497 e. The molecule has 2 heterocycles. The van der Waals surface area contributed by atoms with Crippen molar-refractivity contribution in [1.82, 2.24) is 4.90 Å². The fourth-order valence-corrected chi connectivity index (χ4v) is 5.21. The maximum atomic E-state index is 13.5. The number of hydrogen-bond acceptors (Lipinski definition) is 4. The van der Waals surface area contributed by atoms with Crippen molar-refractivity contribution in [3.8, 4) is 5.75 Å². The molecule has 1 aliphatic heterocycles. The van der Waals surface area contributed by atoms with Crippen molar-refractivity contribution in [3.63, 3.8) is 0 Å². The van der Waals surface area contributed by atoms with Gasteiger partial charge in [-0.1, -0.05) is 12.1 Å². The van der Waals surface area contributed by atoms with Crippen LogP contribution in [0.25, 0.3) is 0 Å². The Bertz CT molecular complexity index is 795. The Morgan fingerprint density at radius 1 is 1.30 bits per heavy atom. The molecule has 0 unspecified atom stereocenters. The van der Waals surface area contributed by atoms with Crippen LogP contribution in [0.15, 0.2) is 29.6 Å². The molecule has 5 heteroatoms. The lowest BCUT2D eigenvalue weighted by Gasteiger charge is -2.26. The third kappa shape index (κ3) is 4.19. The number of ether oxygens (including phenoxy) is 2. The number of fused-ring (bicyclic) bond motifs is 1. The predicted octanol–water partition coefficient (Wildman–Crippen LogP) is 4.46. The smallest absolute Gasteiger partial charge is 0.255 e. The lowest BCUT2D eigenvalue weighted by Crippen LogP contribution is -2.37. The molecular formula is C22H27NO3S. The Balaban J connectivity index is 1.58. The van der Waals surface area contributed by atoms with Gasteiger partial charge in [0.05, 0.1) is 18.8 Å². The first kappa shape index (κ1) is 18.5. The standard InChI is InChI=1S/C22H27NO3S/c1-25-17-7-4-6-16(12-17)13-23(14-18-8-5-11-26-18)22(24)20-15-27-21-10-3-2-9-19(20)21/h4,6-7,12,15,18H,2-3,5,8-11,13-14H2,1H3/t18-/m1/s1. The molecule has 27 heavy (non-hydrogen) atoms. The summed E-state index contributed by atoms with van der Waals surface area (Å²) in [6.07, 6.45) is 6.84. The van der Waals surface area contributed by atoms with E-state index in [1.165, 1.54) is 23.3 Å². The molecule has 0 N–H and O–H groups in total. The second-order valence-corrected chi connectivity index (χ2v) is 8.39. The summed E-state index contributed by atoms with van der Waals surface area (Å²) in [6, 6.07) is 7.99. The minimum absolute atomic E-state index is 0.146. The van der Waals surface area contributed by atoms with Crippen LogP contribution in [0.3, 0.4) is 0 Å². The van der Waals surface area contributed by atoms with Crippen LogP contribution in [0.1, 0.15) is 52.0 Å². The van der Waals surface area contributed by atoms with Crippen molar-refractivity contribution in [1.29, 1.82) is 0 Å². The summed E-state index contributed by atoms with van der Waals surface area (Å²) < 4.78 is 11.2. The topological polar surface area (TPSA) is 38.8 Å². The van der Waals surface area contributed by atoms with Crippen LogP contribution in [-0.2, 0) is 24.1 Å². The van der Waals surface area contributed by atoms with Crippen LogP contribution in [0.5, 0.6) is 5.75 Å². The van der Waals surface area contributed by atoms with E-state index < -0.39 is 0 Å². The highest BCUT2D eigenvalue weighted by atomic mass is 32.1. The zero-order chi connectivity index (χ0) is 18.6. The quantitative estimate of drug-likeness (QED) is 0.737. The molecule has 2 aliphatic rings. The van der Waals surface area contributed by atoms with Crippen molar-refractivity contribution in [2.24, 2.45) is 0 Å².